The third kappa shape index (κ3) is 6.12. The highest BCUT2D eigenvalue weighted by molar-refractivity contribution is 7.85. The van der Waals surface area contributed by atoms with Gasteiger partial charge in [-0.1, -0.05) is 18.2 Å². The first-order valence-corrected chi connectivity index (χ1v) is 10.6. The number of hydrogen-bond donors (Lipinski definition) is 1. The van der Waals surface area contributed by atoms with Gasteiger partial charge in [-0.05, 0) is 38.8 Å². The molecule has 1 fully saturated rings. The zero-order chi connectivity index (χ0) is 18.8. The van der Waals surface area contributed by atoms with Crippen molar-refractivity contribution in [3.8, 4) is 0 Å². The Morgan fingerprint density at radius 2 is 2.12 bits per heavy atom. The molecule has 0 bridgehead atoms. The zero-order valence-corrected chi connectivity index (χ0v) is 16.5. The van der Waals surface area contributed by atoms with E-state index in [1.165, 1.54) is 0 Å². The van der Waals surface area contributed by atoms with Crippen LogP contribution in [0.2, 0.25) is 0 Å². The number of guanidine groups is 1. The normalized spacial score (nSPS) is 19.1. The average Bonchev–Trinajstić information content (AvgIpc) is 2.68. The maximum atomic E-state index is 12.3. The van der Waals surface area contributed by atoms with Crippen molar-refractivity contribution in [1.29, 1.82) is 0 Å². The van der Waals surface area contributed by atoms with E-state index in [0.717, 1.165) is 36.8 Å². The lowest BCUT2D eigenvalue weighted by molar-refractivity contribution is -0.149. The van der Waals surface area contributed by atoms with Crippen molar-refractivity contribution < 1.29 is 13.7 Å². The van der Waals surface area contributed by atoms with Crippen LogP contribution in [0.4, 0.5) is 0 Å². The Morgan fingerprint density at radius 1 is 1.35 bits per heavy atom. The molecule has 26 heavy (non-hydrogen) atoms. The molecule has 1 unspecified atom stereocenters. The van der Waals surface area contributed by atoms with Crippen LogP contribution in [-0.2, 0) is 20.3 Å². The molecule has 0 saturated carbocycles. The second-order valence-electron chi connectivity index (χ2n) is 6.14. The maximum Gasteiger partial charge on any atom is 0.310 e. The summed E-state index contributed by atoms with van der Waals surface area (Å²) in [5.74, 6) is 1.03. The fraction of sp³-hybridized carbons (Fsp3) is 0.579. The molecule has 1 aliphatic rings. The van der Waals surface area contributed by atoms with Gasteiger partial charge in [0, 0.05) is 30.3 Å². The van der Waals surface area contributed by atoms with Gasteiger partial charge >= 0.3 is 5.97 Å². The molecule has 0 spiro atoms. The molecule has 1 aromatic rings. The van der Waals surface area contributed by atoms with Crippen LogP contribution >= 0.6 is 0 Å². The number of rotatable bonds is 7. The fourth-order valence-corrected chi connectivity index (χ4v) is 3.93. The van der Waals surface area contributed by atoms with Crippen molar-refractivity contribution in [2.45, 2.75) is 31.6 Å². The molecular weight excluding hydrogens is 350 g/mol. The second kappa shape index (κ2) is 11.0. The molecule has 0 amide bonds. The van der Waals surface area contributed by atoms with Crippen molar-refractivity contribution in [2.24, 2.45) is 10.9 Å². The van der Waals surface area contributed by atoms with E-state index < -0.39 is 10.8 Å². The van der Waals surface area contributed by atoms with Crippen LogP contribution in [0.1, 0.15) is 26.7 Å². The first-order valence-electron chi connectivity index (χ1n) is 9.29. The number of piperidine rings is 1. The van der Waals surface area contributed by atoms with Gasteiger partial charge in [-0.3, -0.25) is 14.0 Å². The van der Waals surface area contributed by atoms with Crippen LogP contribution < -0.4 is 5.32 Å². The van der Waals surface area contributed by atoms with Crippen LogP contribution in [0.25, 0.3) is 0 Å². The predicted molar refractivity (Wildman–Crippen MR) is 105 cm³/mol. The highest BCUT2D eigenvalue weighted by Gasteiger charge is 2.28. The lowest BCUT2D eigenvalue weighted by Gasteiger charge is -2.34. The van der Waals surface area contributed by atoms with Crippen molar-refractivity contribution in [2.75, 3.05) is 38.5 Å². The third-order valence-corrected chi connectivity index (χ3v) is 5.57. The fourth-order valence-electron chi connectivity index (χ4n) is 2.97. The summed E-state index contributed by atoms with van der Waals surface area (Å²) < 4.78 is 17.5. The molecule has 0 aliphatic carbocycles. The minimum atomic E-state index is -1.05. The van der Waals surface area contributed by atoms with E-state index in [9.17, 15) is 9.00 Å². The molecule has 1 N–H and O–H groups in total. The number of nitrogens with one attached hydrogen (secondary N) is 1. The molecule has 0 aromatic heterocycles. The van der Waals surface area contributed by atoms with E-state index in [1.54, 1.807) is 0 Å². The number of likely N-dealkylation sites (tertiary alicyclic amines) is 1. The third-order valence-electron chi connectivity index (χ3n) is 4.22. The average molecular weight is 380 g/mol. The maximum absolute atomic E-state index is 12.3. The Bertz CT molecular complexity index is 622. The van der Waals surface area contributed by atoms with Gasteiger partial charge in [-0.15, -0.1) is 0 Å². The molecule has 1 heterocycles. The Morgan fingerprint density at radius 3 is 2.81 bits per heavy atom. The van der Waals surface area contributed by atoms with E-state index in [-0.39, 0.29) is 11.9 Å². The number of esters is 1. The number of nitrogens with zero attached hydrogens (tertiary/aromatic N) is 2. The number of carbonyl (C=O) groups is 1. The van der Waals surface area contributed by atoms with Gasteiger partial charge in [-0.2, -0.15) is 0 Å². The SMILES string of the molecule is CCNC(=NCCS(=O)c1ccccc1)N1CCC[C@H](C(=O)OCC)C1. The van der Waals surface area contributed by atoms with Gasteiger partial charge in [0.05, 0.1) is 29.9 Å². The quantitative estimate of drug-likeness (QED) is 0.446. The number of ether oxygens (including phenoxy) is 1. The number of carbonyl (C=O) groups excluding carboxylic acids is 1. The van der Waals surface area contributed by atoms with E-state index in [1.807, 2.05) is 44.2 Å². The van der Waals surface area contributed by atoms with Crippen molar-refractivity contribution in [3.63, 3.8) is 0 Å². The molecule has 1 aliphatic heterocycles. The number of benzene rings is 1. The summed E-state index contributed by atoms with van der Waals surface area (Å²) in [4.78, 5) is 19.6. The van der Waals surface area contributed by atoms with Gasteiger partial charge < -0.3 is 15.0 Å². The molecule has 2 rings (SSSR count). The monoisotopic (exact) mass is 379 g/mol. The van der Waals surface area contributed by atoms with Crippen molar-refractivity contribution in [1.82, 2.24) is 10.2 Å². The van der Waals surface area contributed by atoms with E-state index in [0.29, 0.717) is 25.4 Å². The van der Waals surface area contributed by atoms with Crippen molar-refractivity contribution in [3.05, 3.63) is 30.3 Å². The molecule has 1 aromatic carbocycles. The minimum absolute atomic E-state index is 0.106. The van der Waals surface area contributed by atoms with Crippen molar-refractivity contribution >= 4 is 22.7 Å². The van der Waals surface area contributed by atoms with Gasteiger partial charge in [0.1, 0.15) is 0 Å². The lowest BCUT2D eigenvalue weighted by Crippen LogP contribution is -2.48. The molecule has 6 nitrogen and oxygen atoms in total. The molecule has 0 radical (unpaired) electrons. The van der Waals surface area contributed by atoms with Crippen LogP contribution in [-0.4, -0.2) is 59.6 Å². The predicted octanol–water partition coefficient (Wildman–Crippen LogP) is 2.03. The Labute approximate surface area is 158 Å². The van der Waals surface area contributed by atoms with Gasteiger partial charge in [-0.25, -0.2) is 0 Å². The summed E-state index contributed by atoms with van der Waals surface area (Å²) in [6.45, 7) is 6.97. The van der Waals surface area contributed by atoms with Gasteiger partial charge in [0.15, 0.2) is 5.96 Å². The molecule has 2 atom stereocenters. The first kappa shape index (κ1) is 20.4. The topological polar surface area (TPSA) is 71.0 Å². The van der Waals surface area contributed by atoms with Crippen LogP contribution in [0.5, 0.6) is 0 Å². The summed E-state index contributed by atoms with van der Waals surface area (Å²) in [6, 6.07) is 9.45. The summed E-state index contributed by atoms with van der Waals surface area (Å²) >= 11 is 0. The smallest absolute Gasteiger partial charge is 0.310 e. The van der Waals surface area contributed by atoms with Gasteiger partial charge in [0.25, 0.3) is 0 Å². The summed E-state index contributed by atoms with van der Waals surface area (Å²) in [5, 5.41) is 3.28. The lowest BCUT2D eigenvalue weighted by atomic mass is 9.98. The highest BCUT2D eigenvalue weighted by Crippen LogP contribution is 2.18. The summed E-state index contributed by atoms with van der Waals surface area (Å²) in [5.41, 5.74) is 0. The Balaban J connectivity index is 1.95. The largest absolute Gasteiger partial charge is 0.466 e. The molecule has 1 saturated heterocycles. The first-order chi connectivity index (χ1) is 12.7. The second-order valence-corrected chi connectivity index (χ2v) is 7.71. The number of hydrogen-bond acceptors (Lipinski definition) is 4. The Hall–Kier alpha value is -1.89. The van der Waals surface area contributed by atoms with E-state index in [2.05, 4.69) is 15.2 Å². The van der Waals surface area contributed by atoms with Crippen LogP contribution in [0.15, 0.2) is 40.2 Å². The summed E-state index contributed by atoms with van der Waals surface area (Å²) in [7, 11) is -1.05. The molecular formula is C19H29N3O3S. The zero-order valence-electron chi connectivity index (χ0n) is 15.6. The Kier molecular flexibility index (Phi) is 8.61. The number of aliphatic imine (C=N–C) groups is 1. The van der Waals surface area contributed by atoms with Crippen LogP contribution in [0.3, 0.4) is 0 Å². The van der Waals surface area contributed by atoms with E-state index in [4.69, 9.17) is 4.74 Å². The van der Waals surface area contributed by atoms with Gasteiger partial charge in [0.2, 0.25) is 0 Å². The molecule has 144 valence electrons. The molecule has 7 heteroatoms. The highest BCUT2D eigenvalue weighted by atomic mass is 32.2. The summed E-state index contributed by atoms with van der Waals surface area (Å²) in [6.07, 6.45) is 1.79. The standard InChI is InChI=1S/C19H29N3O3S/c1-3-20-19(21-12-14-26(24)17-10-6-5-7-11-17)22-13-8-9-16(15-22)18(23)25-4-2/h5-7,10-11,16H,3-4,8-9,12-15H2,1-2H3,(H,20,21)/t16-,26?/m0/s1. The minimum Gasteiger partial charge on any atom is -0.466 e. The van der Waals surface area contributed by atoms with Crippen LogP contribution in [0, 0.1) is 5.92 Å². The van der Waals surface area contributed by atoms with E-state index >= 15 is 0 Å².